The van der Waals surface area contributed by atoms with E-state index in [-0.39, 0.29) is 8.33 Å². The molecule has 0 aliphatic carbocycles. The third-order valence-corrected chi connectivity index (χ3v) is 2.16. The second-order valence-corrected chi connectivity index (χ2v) is 5.60. The molecular weight excluding hydrogens is 252 g/mol. The lowest BCUT2D eigenvalue weighted by molar-refractivity contribution is -0.583. The van der Waals surface area contributed by atoms with Crippen LogP contribution in [-0.2, 0) is 4.79 Å². The van der Waals surface area contributed by atoms with E-state index in [0.29, 0.717) is 24.2 Å². The summed E-state index contributed by atoms with van der Waals surface area (Å²) in [5.41, 5.74) is 0. The summed E-state index contributed by atoms with van der Waals surface area (Å²) in [5, 5.41) is 3.31. The quantitative estimate of drug-likeness (QED) is 0.492. The fraction of sp³-hybridized carbons (Fsp3) is 0.875. The van der Waals surface area contributed by atoms with Gasteiger partial charge in [0.1, 0.15) is 24.6 Å². The van der Waals surface area contributed by atoms with Gasteiger partial charge in [0.15, 0.2) is 0 Å². The Bertz CT molecular complexity index is 216. The Hall–Kier alpha value is -0.740. The number of nitrogens with zero attached hydrogens (tertiary/aromatic N) is 1. The molecule has 0 aromatic heterocycles. The molecule has 0 amide bonds. The second kappa shape index (κ2) is 18.3. The molecule has 0 radical (unpaired) electrons. The van der Waals surface area contributed by atoms with Crippen LogP contribution in [0, 0.1) is 0 Å². The van der Waals surface area contributed by atoms with Crippen LogP contribution in [0.3, 0.4) is 0 Å². The van der Waals surface area contributed by atoms with Gasteiger partial charge in [-0.1, -0.05) is 27.7 Å². The zero-order valence-corrected chi connectivity index (χ0v) is 15.3. The van der Waals surface area contributed by atoms with Crippen molar-refractivity contribution < 1.29 is 17.7 Å². The highest BCUT2D eigenvalue weighted by Crippen LogP contribution is 1.94. The molecule has 0 saturated carbocycles. The number of nitrogens with one attached hydrogen (secondary N) is 1. The third-order valence-electron chi connectivity index (χ3n) is 2.16. The summed E-state index contributed by atoms with van der Waals surface area (Å²) in [6.45, 7) is 21.0. The molecule has 0 unspecified atom stereocenters. The summed E-state index contributed by atoms with van der Waals surface area (Å²) in [4.78, 5) is 8.81. The maximum absolute atomic E-state index is 8.81. The monoisotopic (exact) mass is 295 g/mol. The molecule has 0 heterocycles. The van der Waals surface area contributed by atoms with E-state index < -0.39 is 0 Å². The fourth-order valence-electron chi connectivity index (χ4n) is 1.86. The molecule has 0 aliphatic rings. The average Bonchev–Trinajstić information content (AvgIpc) is 2.16. The normalized spacial score (nSPS) is 9.30. The predicted octanol–water partition coefficient (Wildman–Crippen LogP) is 3.17. The zero-order chi connectivity index (χ0) is 16.0. The van der Waals surface area contributed by atoms with Gasteiger partial charge in [-0.25, -0.2) is 4.58 Å². The van der Waals surface area contributed by atoms with Crippen LogP contribution in [0.2, 0.25) is 0 Å². The lowest BCUT2D eigenvalue weighted by Crippen LogP contribution is -2.29. The van der Waals surface area contributed by atoms with Gasteiger partial charge >= 0.3 is 0 Å². The Kier molecular flexibility index (Phi) is 25.2. The van der Waals surface area contributed by atoms with E-state index >= 15 is 0 Å². The van der Waals surface area contributed by atoms with Crippen molar-refractivity contribution in [2.75, 3.05) is 0 Å². The van der Waals surface area contributed by atoms with E-state index in [4.69, 9.17) is 4.79 Å². The van der Waals surface area contributed by atoms with Crippen molar-refractivity contribution in [2.45, 2.75) is 93.4 Å². The van der Waals surface area contributed by atoms with Crippen LogP contribution in [0.15, 0.2) is 0 Å². The van der Waals surface area contributed by atoms with Gasteiger partial charge in [0.05, 0.1) is 0 Å². The summed E-state index contributed by atoms with van der Waals surface area (Å²) in [7, 11) is 0. The molecule has 0 aromatic rings. The van der Waals surface area contributed by atoms with Crippen LogP contribution < -0.4 is 5.32 Å². The number of rotatable bonds is 4. The third kappa shape index (κ3) is 26.0. The summed E-state index contributed by atoms with van der Waals surface area (Å²) in [6, 6.07) is 2.52. The highest BCUT2D eigenvalue weighted by Gasteiger charge is 2.10. The highest BCUT2D eigenvalue weighted by atomic mass is 16.1. The van der Waals surface area contributed by atoms with Gasteiger partial charge in [0.2, 0.25) is 0 Å². The van der Waals surface area contributed by atoms with Gasteiger partial charge in [-0.15, -0.1) is 0 Å². The SMILES string of the molecule is CC(C)NC(C)C.CC=O.CC=[N+](C(C)C)C(C)C.O.[HH].[HH]. The largest absolute Gasteiger partial charge is 0.412 e. The Morgan fingerprint density at radius 1 is 0.850 bits per heavy atom. The minimum atomic E-state index is 0. The summed E-state index contributed by atoms with van der Waals surface area (Å²) in [5.74, 6) is 0. The molecule has 0 fully saturated rings. The summed E-state index contributed by atoms with van der Waals surface area (Å²) >= 11 is 0. The topological polar surface area (TPSA) is 63.6 Å². The van der Waals surface area contributed by atoms with E-state index in [1.54, 1.807) is 0 Å². The van der Waals surface area contributed by atoms with E-state index in [0.717, 1.165) is 6.29 Å². The lowest BCUT2D eigenvalue weighted by Gasteiger charge is -2.10. The fourth-order valence-corrected chi connectivity index (χ4v) is 1.86. The number of carbonyl (C=O) groups is 1. The minimum Gasteiger partial charge on any atom is -0.412 e. The molecule has 0 spiro atoms. The molecule has 20 heavy (non-hydrogen) atoms. The number of aldehydes is 1. The predicted molar refractivity (Wildman–Crippen MR) is 95.3 cm³/mol. The Morgan fingerprint density at radius 3 is 1.10 bits per heavy atom. The first-order valence-corrected chi connectivity index (χ1v) is 7.36. The van der Waals surface area contributed by atoms with Crippen molar-refractivity contribution in [3.05, 3.63) is 0 Å². The van der Waals surface area contributed by atoms with Crippen LogP contribution in [0.4, 0.5) is 0 Å². The molecule has 3 N–H and O–H groups in total. The van der Waals surface area contributed by atoms with Gasteiger partial charge in [-0.05, 0) is 34.6 Å². The van der Waals surface area contributed by atoms with E-state index in [9.17, 15) is 0 Å². The van der Waals surface area contributed by atoms with Gasteiger partial charge in [0, 0.05) is 21.9 Å². The maximum atomic E-state index is 8.81. The van der Waals surface area contributed by atoms with Crippen molar-refractivity contribution in [1.82, 2.24) is 5.32 Å². The van der Waals surface area contributed by atoms with Crippen molar-refractivity contribution >= 4 is 12.5 Å². The van der Waals surface area contributed by atoms with E-state index in [2.05, 4.69) is 78.4 Å². The van der Waals surface area contributed by atoms with Crippen molar-refractivity contribution in [3.8, 4) is 0 Å². The highest BCUT2D eigenvalue weighted by molar-refractivity contribution is 5.46. The first-order chi connectivity index (χ1) is 8.63. The van der Waals surface area contributed by atoms with Crippen LogP contribution in [0.1, 0.15) is 72.1 Å². The molecule has 0 aliphatic heterocycles. The Labute approximate surface area is 129 Å². The minimum absolute atomic E-state index is 0. The molecule has 0 aromatic carbocycles. The molecule has 0 saturated heterocycles. The first-order valence-electron chi connectivity index (χ1n) is 7.36. The van der Waals surface area contributed by atoms with E-state index in [1.165, 1.54) is 6.92 Å². The van der Waals surface area contributed by atoms with Crippen molar-refractivity contribution in [1.29, 1.82) is 0 Å². The van der Waals surface area contributed by atoms with Crippen LogP contribution in [0.5, 0.6) is 0 Å². The average molecular weight is 296 g/mol. The molecule has 128 valence electrons. The Morgan fingerprint density at radius 2 is 1.10 bits per heavy atom. The zero-order valence-electron chi connectivity index (χ0n) is 15.3. The van der Waals surface area contributed by atoms with Crippen LogP contribution >= 0.6 is 0 Å². The van der Waals surface area contributed by atoms with Crippen molar-refractivity contribution in [2.24, 2.45) is 0 Å². The standard InChI is InChI=1S/C8H18N.C6H15N.C2H4O.H2O.2H2/c1-6-9(7(2)3)8(4)5;1-5(2)7-6(3)4;1-2-3;;;/h6-8H,1-5H3;5-7H,1-4H3;2H,1H3;1H2;2*1H/q+1;;;;;. The van der Waals surface area contributed by atoms with Gasteiger partial charge in [-0.3, -0.25) is 0 Å². The summed E-state index contributed by atoms with van der Waals surface area (Å²) in [6.07, 6.45) is 2.90. The van der Waals surface area contributed by atoms with Gasteiger partial charge in [0.25, 0.3) is 0 Å². The number of hydrogen-bond donors (Lipinski definition) is 1. The smallest absolute Gasteiger partial charge is 0.147 e. The number of carbonyl (C=O) groups excluding carboxylic acids is 1. The van der Waals surface area contributed by atoms with E-state index in [1.807, 2.05) is 0 Å². The second-order valence-electron chi connectivity index (χ2n) is 5.60. The van der Waals surface area contributed by atoms with Gasteiger partial charge in [-0.2, -0.15) is 0 Å². The van der Waals surface area contributed by atoms with Gasteiger partial charge < -0.3 is 15.6 Å². The van der Waals surface area contributed by atoms with Crippen LogP contribution in [-0.4, -0.2) is 46.7 Å². The molecule has 0 atom stereocenters. The molecule has 4 heteroatoms. The Balaban J connectivity index is -0.0000000448. The van der Waals surface area contributed by atoms with Crippen LogP contribution in [0.25, 0.3) is 0 Å². The van der Waals surface area contributed by atoms with Crippen molar-refractivity contribution in [3.63, 3.8) is 0 Å². The first kappa shape index (κ1) is 27.6. The maximum Gasteiger partial charge on any atom is 0.147 e. The molecular formula is C16H43N2O2+. The molecule has 0 rings (SSSR count). The molecule has 0 bridgehead atoms. The molecule has 4 nitrogen and oxygen atoms in total. The summed E-state index contributed by atoms with van der Waals surface area (Å²) < 4.78 is 2.33. The lowest BCUT2D eigenvalue weighted by atomic mass is 10.3. The number of hydrogen-bond acceptors (Lipinski definition) is 2.